The van der Waals surface area contributed by atoms with E-state index < -0.39 is 0 Å². The minimum atomic E-state index is 0.596. The molecule has 2 nitrogen and oxygen atoms in total. The van der Waals surface area contributed by atoms with Gasteiger partial charge in [0.2, 0.25) is 0 Å². The SMILES string of the molecule is CC(C)NC(C)CCC(C)NC(C)C. The summed E-state index contributed by atoms with van der Waals surface area (Å²) in [5.74, 6) is 0. The maximum absolute atomic E-state index is 3.52. The van der Waals surface area contributed by atoms with Gasteiger partial charge in [-0.3, -0.25) is 0 Å². The lowest BCUT2D eigenvalue weighted by molar-refractivity contribution is 0.400. The molecule has 0 spiro atoms. The van der Waals surface area contributed by atoms with Gasteiger partial charge in [0, 0.05) is 24.2 Å². The molecule has 0 saturated heterocycles. The van der Waals surface area contributed by atoms with E-state index in [1.807, 2.05) is 0 Å². The number of hydrogen-bond acceptors (Lipinski definition) is 2. The molecule has 0 saturated carbocycles. The molecule has 0 aliphatic heterocycles. The number of nitrogens with one attached hydrogen (secondary N) is 2. The largest absolute Gasteiger partial charge is 0.312 e. The molecule has 0 aliphatic carbocycles. The van der Waals surface area contributed by atoms with E-state index in [0.29, 0.717) is 24.2 Å². The summed E-state index contributed by atoms with van der Waals surface area (Å²) in [7, 11) is 0. The van der Waals surface area contributed by atoms with Crippen molar-refractivity contribution >= 4 is 0 Å². The molecule has 0 aromatic rings. The highest BCUT2D eigenvalue weighted by Gasteiger charge is 2.07. The molecular weight excluding hydrogens is 172 g/mol. The van der Waals surface area contributed by atoms with Crippen molar-refractivity contribution < 1.29 is 0 Å². The van der Waals surface area contributed by atoms with Crippen LogP contribution < -0.4 is 10.6 Å². The van der Waals surface area contributed by atoms with Crippen LogP contribution in [0.5, 0.6) is 0 Å². The van der Waals surface area contributed by atoms with Crippen LogP contribution in [0.15, 0.2) is 0 Å². The van der Waals surface area contributed by atoms with Crippen LogP contribution >= 0.6 is 0 Å². The molecule has 2 atom stereocenters. The quantitative estimate of drug-likeness (QED) is 0.660. The van der Waals surface area contributed by atoms with E-state index in [1.54, 1.807) is 0 Å². The summed E-state index contributed by atoms with van der Waals surface area (Å²) in [6.45, 7) is 13.3. The molecule has 0 rings (SSSR count). The third kappa shape index (κ3) is 8.52. The zero-order valence-electron chi connectivity index (χ0n) is 10.7. The normalized spacial score (nSPS) is 16.3. The van der Waals surface area contributed by atoms with Crippen LogP contribution in [-0.2, 0) is 0 Å². The maximum Gasteiger partial charge on any atom is 0.00416 e. The highest BCUT2D eigenvalue weighted by Crippen LogP contribution is 2.02. The Kier molecular flexibility index (Phi) is 7.20. The summed E-state index contributed by atoms with van der Waals surface area (Å²) in [6.07, 6.45) is 2.50. The summed E-state index contributed by atoms with van der Waals surface area (Å²) in [6, 6.07) is 2.45. The van der Waals surface area contributed by atoms with Crippen molar-refractivity contribution in [2.45, 2.75) is 78.6 Å². The molecule has 2 unspecified atom stereocenters. The van der Waals surface area contributed by atoms with Gasteiger partial charge < -0.3 is 10.6 Å². The molecule has 0 aromatic carbocycles. The van der Waals surface area contributed by atoms with Crippen molar-refractivity contribution in [2.24, 2.45) is 0 Å². The molecule has 14 heavy (non-hydrogen) atoms. The first kappa shape index (κ1) is 13.9. The molecule has 0 fully saturated rings. The Balaban J connectivity index is 3.50. The molecule has 0 amide bonds. The van der Waals surface area contributed by atoms with Crippen LogP contribution in [0.2, 0.25) is 0 Å². The minimum absolute atomic E-state index is 0.596. The Hall–Kier alpha value is -0.0800. The second-order valence-electron chi connectivity index (χ2n) is 5.02. The maximum atomic E-state index is 3.52. The van der Waals surface area contributed by atoms with Crippen molar-refractivity contribution in [1.82, 2.24) is 10.6 Å². The average molecular weight is 200 g/mol. The van der Waals surface area contributed by atoms with Gasteiger partial charge >= 0.3 is 0 Å². The summed E-state index contributed by atoms with van der Waals surface area (Å²) in [4.78, 5) is 0. The second-order valence-corrected chi connectivity index (χ2v) is 5.02. The zero-order chi connectivity index (χ0) is 11.1. The summed E-state index contributed by atoms with van der Waals surface area (Å²) >= 11 is 0. The molecule has 86 valence electrons. The van der Waals surface area contributed by atoms with Crippen molar-refractivity contribution in [3.8, 4) is 0 Å². The van der Waals surface area contributed by atoms with E-state index in [0.717, 1.165) is 0 Å². The lowest BCUT2D eigenvalue weighted by Crippen LogP contribution is -2.36. The van der Waals surface area contributed by atoms with Crippen LogP contribution in [0.25, 0.3) is 0 Å². The number of hydrogen-bond donors (Lipinski definition) is 2. The third-order valence-corrected chi connectivity index (χ3v) is 2.27. The minimum Gasteiger partial charge on any atom is -0.312 e. The molecular formula is C12H28N2. The van der Waals surface area contributed by atoms with Gasteiger partial charge in [-0.05, 0) is 26.7 Å². The third-order valence-electron chi connectivity index (χ3n) is 2.27. The van der Waals surface area contributed by atoms with Gasteiger partial charge in [0.1, 0.15) is 0 Å². The molecule has 0 bridgehead atoms. The first-order valence-corrected chi connectivity index (χ1v) is 5.94. The molecule has 0 aliphatic rings. The predicted octanol–water partition coefficient (Wildman–Crippen LogP) is 2.54. The highest BCUT2D eigenvalue weighted by molar-refractivity contribution is 4.69. The van der Waals surface area contributed by atoms with Gasteiger partial charge in [0.25, 0.3) is 0 Å². The topological polar surface area (TPSA) is 24.1 Å². The first-order chi connectivity index (χ1) is 6.41. The smallest absolute Gasteiger partial charge is 0.00416 e. The van der Waals surface area contributed by atoms with Gasteiger partial charge in [-0.15, -0.1) is 0 Å². The Morgan fingerprint density at radius 2 is 0.929 bits per heavy atom. The fraction of sp³-hybridized carbons (Fsp3) is 1.00. The van der Waals surface area contributed by atoms with Crippen molar-refractivity contribution in [1.29, 1.82) is 0 Å². The lowest BCUT2D eigenvalue weighted by Gasteiger charge is -2.21. The molecule has 0 heterocycles. The van der Waals surface area contributed by atoms with Crippen LogP contribution in [0, 0.1) is 0 Å². The second kappa shape index (κ2) is 7.24. The standard InChI is InChI=1S/C12H28N2/c1-9(2)13-11(5)7-8-12(6)14-10(3)4/h9-14H,7-8H2,1-6H3. The molecule has 0 aromatic heterocycles. The summed E-state index contributed by atoms with van der Waals surface area (Å²) in [5, 5.41) is 7.05. The molecule has 0 radical (unpaired) electrons. The highest BCUT2D eigenvalue weighted by atomic mass is 14.9. The van der Waals surface area contributed by atoms with Gasteiger partial charge in [-0.1, -0.05) is 27.7 Å². The van der Waals surface area contributed by atoms with E-state index in [9.17, 15) is 0 Å². The van der Waals surface area contributed by atoms with Gasteiger partial charge in [-0.25, -0.2) is 0 Å². The van der Waals surface area contributed by atoms with Gasteiger partial charge in [-0.2, -0.15) is 0 Å². The lowest BCUT2D eigenvalue weighted by atomic mass is 10.1. The average Bonchev–Trinajstić information content (AvgIpc) is 1.98. The first-order valence-electron chi connectivity index (χ1n) is 5.94. The summed E-state index contributed by atoms with van der Waals surface area (Å²) in [5.41, 5.74) is 0. The van der Waals surface area contributed by atoms with E-state index in [1.165, 1.54) is 12.8 Å². The van der Waals surface area contributed by atoms with Crippen LogP contribution in [-0.4, -0.2) is 24.2 Å². The van der Waals surface area contributed by atoms with E-state index in [4.69, 9.17) is 0 Å². The fourth-order valence-electron chi connectivity index (χ4n) is 1.80. The molecule has 2 heteroatoms. The van der Waals surface area contributed by atoms with Crippen molar-refractivity contribution in [2.75, 3.05) is 0 Å². The number of rotatable bonds is 7. The summed E-state index contributed by atoms with van der Waals surface area (Å²) < 4.78 is 0. The van der Waals surface area contributed by atoms with Crippen LogP contribution in [0.3, 0.4) is 0 Å². The van der Waals surface area contributed by atoms with Gasteiger partial charge in [0.05, 0.1) is 0 Å². The molecule has 2 N–H and O–H groups in total. The monoisotopic (exact) mass is 200 g/mol. The fourth-order valence-corrected chi connectivity index (χ4v) is 1.80. The Bertz CT molecular complexity index is 116. The van der Waals surface area contributed by atoms with E-state index >= 15 is 0 Å². The zero-order valence-corrected chi connectivity index (χ0v) is 10.7. The Morgan fingerprint density at radius 1 is 0.643 bits per heavy atom. The van der Waals surface area contributed by atoms with E-state index in [-0.39, 0.29) is 0 Å². The van der Waals surface area contributed by atoms with Crippen LogP contribution in [0.4, 0.5) is 0 Å². The van der Waals surface area contributed by atoms with Crippen molar-refractivity contribution in [3.05, 3.63) is 0 Å². The predicted molar refractivity (Wildman–Crippen MR) is 64.7 cm³/mol. The van der Waals surface area contributed by atoms with Crippen LogP contribution in [0.1, 0.15) is 54.4 Å². The van der Waals surface area contributed by atoms with E-state index in [2.05, 4.69) is 52.2 Å². The Labute approximate surface area is 89.9 Å². The van der Waals surface area contributed by atoms with Gasteiger partial charge in [0.15, 0.2) is 0 Å². The Morgan fingerprint density at radius 3 is 1.14 bits per heavy atom. The van der Waals surface area contributed by atoms with Crippen molar-refractivity contribution in [3.63, 3.8) is 0 Å².